The van der Waals surface area contributed by atoms with E-state index in [1.807, 2.05) is 60.7 Å². The summed E-state index contributed by atoms with van der Waals surface area (Å²) in [5, 5.41) is 4.14. The molecule has 4 aromatic heterocycles. The summed E-state index contributed by atoms with van der Waals surface area (Å²) in [4.78, 5) is 37.1. The van der Waals surface area contributed by atoms with Crippen molar-refractivity contribution in [3.05, 3.63) is 81.4 Å². The maximum Gasteiger partial charge on any atom is 0.264 e. The number of imidazole rings is 2. The maximum atomic E-state index is 13.8. The number of ether oxygens (including phenoxy) is 2. The van der Waals surface area contributed by atoms with E-state index in [0.29, 0.717) is 55.6 Å². The van der Waals surface area contributed by atoms with Crippen molar-refractivity contribution in [1.29, 1.82) is 0 Å². The van der Waals surface area contributed by atoms with Gasteiger partial charge in [-0.2, -0.15) is 0 Å². The molecule has 0 bridgehead atoms. The Balaban J connectivity index is 1.62. The molecule has 0 saturated carbocycles. The molecule has 0 aliphatic heterocycles. The predicted octanol–water partition coefficient (Wildman–Crippen LogP) is 4.36. The lowest BCUT2D eigenvalue weighted by Gasteiger charge is -2.12. The van der Waals surface area contributed by atoms with Crippen molar-refractivity contribution in [3.63, 3.8) is 0 Å². The van der Waals surface area contributed by atoms with Gasteiger partial charge in [0.2, 0.25) is 0 Å². The summed E-state index contributed by atoms with van der Waals surface area (Å²) < 4.78 is 14.0. The van der Waals surface area contributed by atoms with Crippen LogP contribution in [0.15, 0.2) is 70.3 Å². The van der Waals surface area contributed by atoms with E-state index in [4.69, 9.17) is 19.4 Å². The van der Waals surface area contributed by atoms with Gasteiger partial charge in [-0.25, -0.2) is 9.97 Å². The molecular formula is C28H16N4O4. The lowest BCUT2D eigenvalue weighted by molar-refractivity contribution is 0.415. The highest BCUT2D eigenvalue weighted by atomic mass is 16.5. The standard InChI is InChI=1S/C28H16N4O4/c1-35-13-3-9-21-19(11-13)29-25-15-5-7-18-24-16(6-8-17(23(15)24)27(33)31(21)25)26-30-20-12-14(36-2)4-10-22(20)32(26)28(18)34/h3-12H,1-2H3. The Morgan fingerprint density at radius 2 is 1.00 bits per heavy atom. The minimum atomic E-state index is -0.176. The molecule has 8 heteroatoms. The fourth-order valence-electron chi connectivity index (χ4n) is 5.61. The summed E-state index contributed by atoms with van der Waals surface area (Å²) >= 11 is 0. The molecule has 0 aliphatic rings. The van der Waals surface area contributed by atoms with Gasteiger partial charge in [0.1, 0.15) is 22.8 Å². The van der Waals surface area contributed by atoms with E-state index in [1.165, 1.54) is 0 Å². The number of fused-ring (bicyclic) bond motifs is 8. The number of aromatic nitrogens is 4. The largest absolute Gasteiger partial charge is 0.497 e. The molecule has 8 nitrogen and oxygen atoms in total. The van der Waals surface area contributed by atoms with Crippen LogP contribution in [0.4, 0.5) is 0 Å². The molecule has 8 rings (SSSR count). The molecule has 4 aromatic carbocycles. The quantitative estimate of drug-likeness (QED) is 0.348. The summed E-state index contributed by atoms with van der Waals surface area (Å²) in [5.41, 5.74) is 3.51. The van der Waals surface area contributed by atoms with E-state index < -0.39 is 0 Å². The zero-order valence-corrected chi connectivity index (χ0v) is 19.2. The van der Waals surface area contributed by atoms with Crippen LogP contribution in [0, 0.1) is 0 Å². The third kappa shape index (κ3) is 2.15. The van der Waals surface area contributed by atoms with Crippen LogP contribution in [0.25, 0.3) is 65.7 Å². The summed E-state index contributed by atoms with van der Waals surface area (Å²) in [7, 11) is 3.20. The fraction of sp³-hybridized carbons (Fsp3) is 0.0714. The second-order valence-corrected chi connectivity index (χ2v) is 8.93. The van der Waals surface area contributed by atoms with Gasteiger partial charge in [0, 0.05) is 44.5 Å². The number of rotatable bonds is 2. The zero-order valence-electron chi connectivity index (χ0n) is 19.2. The van der Waals surface area contributed by atoms with E-state index in [1.54, 1.807) is 23.0 Å². The number of hydrogen-bond donors (Lipinski definition) is 0. The van der Waals surface area contributed by atoms with Crippen LogP contribution in [0.3, 0.4) is 0 Å². The van der Waals surface area contributed by atoms with Crippen LogP contribution < -0.4 is 20.6 Å². The van der Waals surface area contributed by atoms with Gasteiger partial charge in [-0.05, 0) is 48.5 Å². The third-order valence-corrected chi connectivity index (χ3v) is 7.23. The van der Waals surface area contributed by atoms with Crippen LogP contribution in [-0.2, 0) is 0 Å². The normalized spacial score (nSPS) is 12.4. The molecule has 0 amide bonds. The van der Waals surface area contributed by atoms with Crippen molar-refractivity contribution in [2.24, 2.45) is 0 Å². The fourth-order valence-corrected chi connectivity index (χ4v) is 5.61. The second kappa shape index (κ2) is 6.37. The first kappa shape index (κ1) is 19.3. The molecule has 0 unspecified atom stereocenters. The van der Waals surface area contributed by atoms with Crippen LogP contribution in [0.1, 0.15) is 0 Å². The molecule has 0 radical (unpaired) electrons. The molecule has 172 valence electrons. The average Bonchev–Trinajstić information content (AvgIpc) is 3.48. The van der Waals surface area contributed by atoms with E-state index in [9.17, 15) is 9.59 Å². The minimum absolute atomic E-state index is 0.176. The minimum Gasteiger partial charge on any atom is -0.497 e. The molecule has 0 aliphatic carbocycles. The number of benzene rings is 4. The van der Waals surface area contributed by atoms with E-state index in [0.717, 1.165) is 21.5 Å². The Labute approximate surface area is 201 Å². The Kier molecular flexibility index (Phi) is 3.42. The van der Waals surface area contributed by atoms with Crippen molar-refractivity contribution in [2.75, 3.05) is 14.2 Å². The van der Waals surface area contributed by atoms with Gasteiger partial charge in [0.15, 0.2) is 0 Å². The molecule has 0 saturated heterocycles. The first-order valence-electron chi connectivity index (χ1n) is 11.4. The Morgan fingerprint density at radius 1 is 0.583 bits per heavy atom. The molecule has 36 heavy (non-hydrogen) atoms. The van der Waals surface area contributed by atoms with Gasteiger partial charge >= 0.3 is 0 Å². The molecule has 0 N–H and O–H groups in total. The number of hydrogen-bond acceptors (Lipinski definition) is 6. The Morgan fingerprint density at radius 3 is 1.42 bits per heavy atom. The molecular weight excluding hydrogens is 456 g/mol. The molecule has 4 heterocycles. The van der Waals surface area contributed by atoms with Crippen LogP contribution in [0.5, 0.6) is 11.5 Å². The smallest absolute Gasteiger partial charge is 0.264 e. The maximum absolute atomic E-state index is 13.8. The predicted molar refractivity (Wildman–Crippen MR) is 139 cm³/mol. The summed E-state index contributed by atoms with van der Waals surface area (Å²) in [6.07, 6.45) is 0. The van der Waals surface area contributed by atoms with Crippen molar-refractivity contribution >= 4 is 65.7 Å². The van der Waals surface area contributed by atoms with E-state index in [-0.39, 0.29) is 11.1 Å². The lowest BCUT2D eigenvalue weighted by atomic mass is 9.96. The number of nitrogens with zero attached hydrogens (tertiary/aromatic N) is 4. The first-order chi connectivity index (χ1) is 17.6. The van der Waals surface area contributed by atoms with E-state index in [2.05, 4.69) is 0 Å². The summed E-state index contributed by atoms with van der Waals surface area (Å²) in [6, 6.07) is 18.4. The Bertz CT molecular complexity index is 2170. The van der Waals surface area contributed by atoms with Crippen molar-refractivity contribution in [2.45, 2.75) is 0 Å². The molecule has 0 spiro atoms. The number of methoxy groups -OCH3 is 2. The topological polar surface area (TPSA) is 87.2 Å². The zero-order chi connectivity index (χ0) is 24.3. The van der Waals surface area contributed by atoms with Gasteiger partial charge in [-0.1, -0.05) is 0 Å². The van der Waals surface area contributed by atoms with Crippen molar-refractivity contribution in [3.8, 4) is 11.5 Å². The molecule has 0 atom stereocenters. The number of pyridine rings is 2. The first-order valence-corrected chi connectivity index (χ1v) is 11.4. The van der Waals surface area contributed by atoms with Gasteiger partial charge in [-0.3, -0.25) is 18.4 Å². The van der Waals surface area contributed by atoms with Gasteiger partial charge < -0.3 is 9.47 Å². The molecule has 8 aromatic rings. The Hall–Kier alpha value is -4.98. The highest BCUT2D eigenvalue weighted by molar-refractivity contribution is 6.27. The SMILES string of the molecule is COc1ccc2c(c1)nc1c3ccc4c(=O)n5c6ccc(OC)cc6nc5c5ccc(c(=O)n21)c3c45. The average molecular weight is 472 g/mol. The highest BCUT2D eigenvalue weighted by Crippen LogP contribution is 2.37. The summed E-state index contributed by atoms with van der Waals surface area (Å²) in [6.45, 7) is 0. The lowest BCUT2D eigenvalue weighted by Crippen LogP contribution is -2.16. The third-order valence-electron chi connectivity index (χ3n) is 7.23. The monoisotopic (exact) mass is 472 g/mol. The van der Waals surface area contributed by atoms with Gasteiger partial charge in [-0.15, -0.1) is 0 Å². The van der Waals surface area contributed by atoms with Crippen molar-refractivity contribution in [1.82, 2.24) is 18.8 Å². The van der Waals surface area contributed by atoms with Gasteiger partial charge in [0.05, 0.1) is 36.3 Å². The van der Waals surface area contributed by atoms with Gasteiger partial charge in [0.25, 0.3) is 11.1 Å². The van der Waals surface area contributed by atoms with Crippen LogP contribution in [0.2, 0.25) is 0 Å². The van der Waals surface area contributed by atoms with E-state index >= 15 is 0 Å². The second-order valence-electron chi connectivity index (χ2n) is 8.93. The summed E-state index contributed by atoms with van der Waals surface area (Å²) in [5.74, 6) is 1.34. The van der Waals surface area contributed by atoms with Crippen molar-refractivity contribution < 1.29 is 9.47 Å². The van der Waals surface area contributed by atoms with Crippen LogP contribution >= 0.6 is 0 Å². The van der Waals surface area contributed by atoms with Crippen LogP contribution in [-0.4, -0.2) is 33.0 Å². The molecule has 0 fully saturated rings. The highest BCUT2D eigenvalue weighted by Gasteiger charge is 2.22.